The Kier molecular flexibility index (Phi) is 4.15. The third kappa shape index (κ3) is 2.64. The van der Waals surface area contributed by atoms with Crippen LogP contribution in [0.1, 0.15) is 13.3 Å². The number of halogens is 1. The second-order valence-electron chi connectivity index (χ2n) is 8.93. The van der Waals surface area contributed by atoms with E-state index in [0.29, 0.717) is 11.5 Å². The Bertz CT molecular complexity index is 1310. The zero-order valence-corrected chi connectivity index (χ0v) is 17.5. The Morgan fingerprint density at radius 1 is 1.06 bits per heavy atom. The van der Waals surface area contributed by atoms with Crippen molar-refractivity contribution in [3.63, 3.8) is 0 Å². The summed E-state index contributed by atoms with van der Waals surface area (Å²) in [7, 11) is 0. The largest absolute Gasteiger partial charge is 0.390 e. The summed E-state index contributed by atoms with van der Waals surface area (Å²) in [4.78, 5) is 9.10. The molecule has 2 aromatic heterocycles. The van der Waals surface area contributed by atoms with Gasteiger partial charge in [0.2, 0.25) is 0 Å². The van der Waals surface area contributed by atoms with E-state index in [4.69, 9.17) is 0 Å². The molecule has 5 atom stereocenters. The van der Waals surface area contributed by atoms with E-state index < -0.39 is 17.7 Å². The molecule has 7 heteroatoms. The fourth-order valence-corrected chi connectivity index (χ4v) is 5.50. The zero-order chi connectivity index (χ0) is 22.0. The standard InChI is InChI=1S/C25H23FN4O2/c1-14-19-11-25(19,22(32)21(14)31)30-12-18(15-7-9-16(26)10-8-15)20-23(27-13-28-24(20)30)29-17-5-3-2-4-6-17/h2-10,12-14,19,21-22,31-32H,11H2,1H3,(H,27,28,29)/t14-,19-,21+,22+,25+/m0/s1. The second-order valence-corrected chi connectivity index (χ2v) is 8.93. The molecular formula is C25H23FN4O2. The predicted molar refractivity (Wildman–Crippen MR) is 120 cm³/mol. The first-order valence-electron chi connectivity index (χ1n) is 10.8. The molecule has 2 aromatic carbocycles. The van der Waals surface area contributed by atoms with E-state index in [-0.39, 0.29) is 17.7 Å². The minimum Gasteiger partial charge on any atom is -0.390 e. The van der Waals surface area contributed by atoms with Gasteiger partial charge in [0.25, 0.3) is 0 Å². The Morgan fingerprint density at radius 3 is 2.50 bits per heavy atom. The molecule has 0 radical (unpaired) electrons. The fourth-order valence-electron chi connectivity index (χ4n) is 5.50. The summed E-state index contributed by atoms with van der Waals surface area (Å²) in [5.74, 6) is 0.500. The highest BCUT2D eigenvalue weighted by molar-refractivity contribution is 6.02. The van der Waals surface area contributed by atoms with Crippen molar-refractivity contribution in [3.8, 4) is 11.1 Å². The number of rotatable bonds is 4. The number of nitrogens with one attached hydrogen (secondary N) is 1. The molecule has 0 unspecified atom stereocenters. The summed E-state index contributed by atoms with van der Waals surface area (Å²) >= 11 is 0. The Balaban J connectivity index is 1.58. The average Bonchev–Trinajstić information content (AvgIpc) is 3.39. The van der Waals surface area contributed by atoms with Crippen LogP contribution in [0.25, 0.3) is 22.2 Å². The van der Waals surface area contributed by atoms with Gasteiger partial charge in [-0.1, -0.05) is 37.3 Å². The number of hydrogen-bond donors (Lipinski definition) is 3. The highest BCUT2D eigenvalue weighted by atomic mass is 19.1. The molecule has 32 heavy (non-hydrogen) atoms. The van der Waals surface area contributed by atoms with Gasteiger partial charge in [-0.3, -0.25) is 0 Å². The molecule has 0 saturated heterocycles. The van der Waals surface area contributed by atoms with Crippen LogP contribution >= 0.6 is 0 Å². The first kappa shape index (κ1) is 19.4. The lowest BCUT2D eigenvalue weighted by atomic mass is 10.0. The van der Waals surface area contributed by atoms with E-state index in [1.54, 1.807) is 12.1 Å². The van der Waals surface area contributed by atoms with Crippen molar-refractivity contribution >= 4 is 22.5 Å². The fraction of sp³-hybridized carbons (Fsp3) is 0.280. The van der Waals surface area contributed by atoms with Gasteiger partial charge < -0.3 is 20.1 Å². The lowest BCUT2D eigenvalue weighted by Crippen LogP contribution is -2.37. The SMILES string of the molecule is C[C@@H]1[C@@H](O)[C@@H](O)[C@@]2(n3cc(-c4ccc(F)cc4)c4c(Nc5ccccc5)ncnc43)C[C@@H]12. The summed E-state index contributed by atoms with van der Waals surface area (Å²) < 4.78 is 15.7. The number of aliphatic hydroxyl groups excluding tert-OH is 2. The maximum atomic E-state index is 13.6. The summed E-state index contributed by atoms with van der Waals surface area (Å²) in [5, 5.41) is 25.7. The van der Waals surface area contributed by atoms with Crippen LogP contribution in [0.4, 0.5) is 15.9 Å². The van der Waals surface area contributed by atoms with E-state index in [9.17, 15) is 14.6 Å². The lowest BCUT2D eigenvalue weighted by molar-refractivity contribution is -0.0138. The van der Waals surface area contributed by atoms with Crippen LogP contribution in [0.5, 0.6) is 0 Å². The van der Waals surface area contributed by atoms with Gasteiger partial charge >= 0.3 is 0 Å². The minimum atomic E-state index is -0.875. The molecule has 2 saturated carbocycles. The molecule has 4 aromatic rings. The van der Waals surface area contributed by atoms with Crippen LogP contribution in [-0.2, 0) is 5.54 Å². The summed E-state index contributed by atoms with van der Waals surface area (Å²) in [5.41, 5.74) is 2.66. The van der Waals surface area contributed by atoms with E-state index in [1.807, 2.05) is 48.0 Å². The first-order chi connectivity index (χ1) is 15.5. The van der Waals surface area contributed by atoms with Crippen molar-refractivity contribution in [1.29, 1.82) is 0 Å². The van der Waals surface area contributed by atoms with Crippen LogP contribution in [0.15, 0.2) is 67.1 Å². The molecule has 2 aliphatic carbocycles. The normalized spacial score (nSPS) is 28.6. The van der Waals surface area contributed by atoms with Crippen molar-refractivity contribution in [2.45, 2.75) is 31.1 Å². The van der Waals surface area contributed by atoms with Crippen molar-refractivity contribution in [3.05, 3.63) is 72.9 Å². The smallest absolute Gasteiger partial charge is 0.146 e. The maximum absolute atomic E-state index is 13.6. The van der Waals surface area contributed by atoms with Gasteiger partial charge in [0.1, 0.15) is 29.7 Å². The zero-order valence-electron chi connectivity index (χ0n) is 17.5. The highest BCUT2D eigenvalue weighted by Crippen LogP contribution is 2.65. The molecule has 0 bridgehead atoms. The summed E-state index contributed by atoms with van der Waals surface area (Å²) in [6.45, 7) is 1.98. The lowest BCUT2D eigenvalue weighted by Gasteiger charge is -2.24. The van der Waals surface area contributed by atoms with Gasteiger partial charge in [-0.25, -0.2) is 14.4 Å². The van der Waals surface area contributed by atoms with E-state index >= 15 is 0 Å². The highest BCUT2D eigenvalue weighted by Gasteiger charge is 2.71. The second kappa shape index (κ2) is 6.85. The van der Waals surface area contributed by atoms with Crippen LogP contribution in [0.3, 0.4) is 0 Å². The van der Waals surface area contributed by atoms with Crippen molar-refractivity contribution in [2.75, 3.05) is 5.32 Å². The van der Waals surface area contributed by atoms with Crippen molar-refractivity contribution in [1.82, 2.24) is 14.5 Å². The molecule has 2 aliphatic rings. The third-order valence-electron chi connectivity index (χ3n) is 7.26. The quantitative estimate of drug-likeness (QED) is 0.455. The van der Waals surface area contributed by atoms with Gasteiger partial charge in [0.15, 0.2) is 0 Å². The minimum absolute atomic E-state index is 0.000438. The number of hydrogen-bond acceptors (Lipinski definition) is 5. The van der Waals surface area contributed by atoms with E-state index in [1.165, 1.54) is 18.5 Å². The van der Waals surface area contributed by atoms with Crippen molar-refractivity contribution in [2.24, 2.45) is 11.8 Å². The Hall–Kier alpha value is -3.29. The van der Waals surface area contributed by atoms with E-state index in [2.05, 4.69) is 15.3 Å². The monoisotopic (exact) mass is 430 g/mol. The average molecular weight is 430 g/mol. The molecule has 3 N–H and O–H groups in total. The number of aromatic nitrogens is 3. The van der Waals surface area contributed by atoms with Crippen molar-refractivity contribution < 1.29 is 14.6 Å². The van der Waals surface area contributed by atoms with Crippen LogP contribution in [-0.4, -0.2) is 37.0 Å². The topological polar surface area (TPSA) is 83.2 Å². The molecule has 162 valence electrons. The number of benzene rings is 2. The molecule has 6 rings (SSSR count). The molecule has 0 aliphatic heterocycles. The number of nitrogens with zero attached hydrogens (tertiary/aromatic N) is 3. The van der Waals surface area contributed by atoms with Gasteiger partial charge in [-0.05, 0) is 48.1 Å². The number of para-hydroxylation sites is 1. The molecule has 0 amide bonds. The first-order valence-corrected chi connectivity index (χ1v) is 10.8. The number of anilines is 2. The Labute approximate surface area is 184 Å². The van der Waals surface area contributed by atoms with Crippen LogP contribution in [0.2, 0.25) is 0 Å². The van der Waals surface area contributed by atoms with Gasteiger partial charge in [-0.15, -0.1) is 0 Å². The molecule has 6 nitrogen and oxygen atoms in total. The maximum Gasteiger partial charge on any atom is 0.146 e. The third-order valence-corrected chi connectivity index (χ3v) is 7.26. The predicted octanol–water partition coefficient (Wildman–Crippen LogP) is 4.07. The van der Waals surface area contributed by atoms with Crippen LogP contribution < -0.4 is 5.32 Å². The van der Waals surface area contributed by atoms with Gasteiger partial charge in [-0.2, -0.15) is 0 Å². The van der Waals surface area contributed by atoms with E-state index in [0.717, 1.165) is 28.6 Å². The molecule has 2 heterocycles. The molecule has 0 spiro atoms. The van der Waals surface area contributed by atoms with Gasteiger partial charge in [0.05, 0.1) is 17.0 Å². The van der Waals surface area contributed by atoms with Crippen LogP contribution in [0, 0.1) is 17.7 Å². The van der Waals surface area contributed by atoms with Gasteiger partial charge in [0, 0.05) is 17.4 Å². The molecular weight excluding hydrogens is 407 g/mol. The molecule has 2 fully saturated rings. The Morgan fingerprint density at radius 2 is 1.81 bits per heavy atom. The summed E-state index contributed by atoms with van der Waals surface area (Å²) in [6, 6.07) is 16.1. The number of fused-ring (bicyclic) bond motifs is 2. The number of aliphatic hydroxyl groups is 2. The summed E-state index contributed by atoms with van der Waals surface area (Å²) in [6.07, 6.45) is 2.61.